The number of nitrogens with one attached hydrogen (secondary N) is 1. The second-order valence-corrected chi connectivity index (χ2v) is 10.5. The standard InChI is InChI=1S/C25H35IN4O/c1-2-3-7-16-30-24(31)28-23(27-22-8-5-4-6-9-22)25(30)14-17-29(18-15-25)19-20-10-12-21(26)13-11-20/h2,10-13,22H,1,3-9,14-19H2,(H,27,28,31). The van der Waals surface area contributed by atoms with Crippen LogP contribution < -0.4 is 5.32 Å². The number of unbranched alkanes of at least 4 members (excludes halogenated alkanes) is 1. The van der Waals surface area contributed by atoms with Crippen molar-refractivity contribution in [3.05, 3.63) is 46.1 Å². The molecule has 31 heavy (non-hydrogen) atoms. The Hall–Kier alpha value is -1.41. The van der Waals surface area contributed by atoms with Crippen LogP contribution in [0.4, 0.5) is 4.79 Å². The number of rotatable bonds is 7. The predicted octanol–water partition coefficient (Wildman–Crippen LogP) is 5.35. The summed E-state index contributed by atoms with van der Waals surface area (Å²) in [5.74, 6) is 0.955. The summed E-state index contributed by atoms with van der Waals surface area (Å²) in [4.78, 5) is 22.1. The summed E-state index contributed by atoms with van der Waals surface area (Å²) >= 11 is 2.35. The van der Waals surface area contributed by atoms with Crippen molar-refractivity contribution in [1.29, 1.82) is 0 Å². The molecule has 3 aliphatic rings. The minimum Gasteiger partial charge on any atom is -0.369 e. The third-order valence-electron chi connectivity index (χ3n) is 7.13. The molecule has 0 radical (unpaired) electrons. The third-order valence-corrected chi connectivity index (χ3v) is 7.85. The van der Waals surface area contributed by atoms with E-state index in [0.29, 0.717) is 6.04 Å². The minimum atomic E-state index is -0.252. The van der Waals surface area contributed by atoms with Crippen molar-refractivity contribution in [3.63, 3.8) is 0 Å². The SMILES string of the molecule is C=CCCCN1C(=O)N=C(NC2CCCCC2)C12CCN(Cc1ccc(I)cc1)CC2. The molecular weight excluding hydrogens is 499 g/mol. The fraction of sp³-hybridized carbons (Fsp3) is 0.600. The van der Waals surface area contributed by atoms with Gasteiger partial charge < -0.3 is 10.2 Å². The highest BCUT2D eigenvalue weighted by atomic mass is 127. The molecule has 2 amide bonds. The van der Waals surface area contributed by atoms with E-state index >= 15 is 0 Å². The number of halogens is 1. The summed E-state index contributed by atoms with van der Waals surface area (Å²) in [6, 6.07) is 9.23. The van der Waals surface area contributed by atoms with E-state index in [1.807, 2.05) is 6.08 Å². The van der Waals surface area contributed by atoms with Gasteiger partial charge in [0.05, 0.1) is 0 Å². The number of piperidine rings is 1. The lowest BCUT2D eigenvalue weighted by Crippen LogP contribution is -2.61. The van der Waals surface area contributed by atoms with E-state index < -0.39 is 0 Å². The fourth-order valence-corrected chi connectivity index (χ4v) is 5.68. The normalized spacial score (nSPS) is 22.0. The molecule has 0 unspecified atom stereocenters. The maximum absolute atomic E-state index is 13.0. The maximum atomic E-state index is 13.0. The molecule has 1 spiro atoms. The Morgan fingerprint density at radius 3 is 2.55 bits per heavy atom. The number of benzene rings is 1. The van der Waals surface area contributed by atoms with E-state index in [0.717, 1.165) is 57.7 Å². The van der Waals surface area contributed by atoms with Gasteiger partial charge in [0.15, 0.2) is 0 Å². The highest BCUT2D eigenvalue weighted by Crippen LogP contribution is 2.36. The van der Waals surface area contributed by atoms with E-state index in [1.165, 1.54) is 41.2 Å². The van der Waals surface area contributed by atoms with Crippen LogP contribution in [0, 0.1) is 3.57 Å². The number of carbonyl (C=O) groups is 1. The summed E-state index contributed by atoms with van der Waals surface area (Å²) in [6.45, 7) is 7.56. The Labute approximate surface area is 200 Å². The Bertz CT molecular complexity index is 792. The first-order valence-electron chi connectivity index (χ1n) is 11.9. The number of amidine groups is 1. The van der Waals surface area contributed by atoms with E-state index in [2.05, 4.69) is 73.5 Å². The smallest absolute Gasteiger partial charge is 0.346 e. The lowest BCUT2D eigenvalue weighted by atomic mass is 9.83. The summed E-state index contributed by atoms with van der Waals surface area (Å²) in [5, 5.41) is 3.75. The van der Waals surface area contributed by atoms with Crippen molar-refractivity contribution in [2.75, 3.05) is 19.6 Å². The Balaban J connectivity index is 1.46. The van der Waals surface area contributed by atoms with Crippen LogP contribution in [0.1, 0.15) is 63.4 Å². The van der Waals surface area contributed by atoms with Crippen LogP contribution >= 0.6 is 22.6 Å². The molecule has 1 N–H and O–H groups in total. The molecular formula is C25H35IN4O. The number of carbonyl (C=O) groups excluding carboxylic acids is 1. The molecule has 5 nitrogen and oxygen atoms in total. The van der Waals surface area contributed by atoms with E-state index in [9.17, 15) is 4.79 Å². The zero-order valence-corrected chi connectivity index (χ0v) is 20.6. The molecule has 2 fully saturated rings. The van der Waals surface area contributed by atoms with Gasteiger partial charge >= 0.3 is 6.03 Å². The highest BCUT2D eigenvalue weighted by Gasteiger charge is 2.51. The van der Waals surface area contributed by atoms with E-state index in [1.54, 1.807) is 0 Å². The number of likely N-dealkylation sites (tertiary alicyclic amines) is 1. The number of urea groups is 1. The lowest BCUT2D eigenvalue weighted by molar-refractivity contribution is 0.0948. The van der Waals surface area contributed by atoms with Crippen LogP contribution in [-0.4, -0.2) is 52.9 Å². The third kappa shape index (κ3) is 5.33. The summed E-state index contributed by atoms with van der Waals surface area (Å²) in [5.41, 5.74) is 1.11. The highest BCUT2D eigenvalue weighted by molar-refractivity contribution is 14.1. The summed E-state index contributed by atoms with van der Waals surface area (Å²) < 4.78 is 1.27. The molecule has 0 aromatic heterocycles. The van der Waals surface area contributed by atoms with Gasteiger partial charge in [-0.25, -0.2) is 4.79 Å². The monoisotopic (exact) mass is 534 g/mol. The molecule has 1 saturated carbocycles. The van der Waals surface area contributed by atoms with E-state index in [4.69, 9.17) is 0 Å². The first kappa shape index (κ1) is 22.8. The van der Waals surface area contributed by atoms with Crippen molar-refractivity contribution in [2.45, 2.75) is 75.9 Å². The van der Waals surface area contributed by atoms with Gasteiger partial charge in [0, 0.05) is 35.8 Å². The zero-order chi connectivity index (χ0) is 21.7. The maximum Gasteiger partial charge on any atom is 0.346 e. The number of aliphatic imine (C=N–C) groups is 1. The molecule has 2 aliphatic heterocycles. The van der Waals surface area contributed by atoms with Crippen LogP contribution in [0.3, 0.4) is 0 Å². The molecule has 1 aliphatic carbocycles. The van der Waals surface area contributed by atoms with Gasteiger partial charge in [-0.05, 0) is 78.8 Å². The van der Waals surface area contributed by atoms with Crippen molar-refractivity contribution in [3.8, 4) is 0 Å². The van der Waals surface area contributed by atoms with Crippen molar-refractivity contribution in [2.24, 2.45) is 4.99 Å². The van der Waals surface area contributed by atoms with E-state index in [-0.39, 0.29) is 11.6 Å². The van der Waals surface area contributed by atoms with Crippen LogP contribution in [-0.2, 0) is 6.54 Å². The van der Waals surface area contributed by atoms with Gasteiger partial charge in [-0.1, -0.05) is 37.5 Å². The van der Waals surface area contributed by atoms with Crippen molar-refractivity contribution in [1.82, 2.24) is 15.1 Å². The second-order valence-electron chi connectivity index (χ2n) is 9.24. The molecule has 1 aromatic rings. The average molecular weight is 534 g/mol. The number of hydrogen-bond donors (Lipinski definition) is 1. The molecule has 4 rings (SSSR count). The number of nitrogens with zero attached hydrogens (tertiary/aromatic N) is 3. The first-order chi connectivity index (χ1) is 15.1. The van der Waals surface area contributed by atoms with Crippen LogP contribution in [0.25, 0.3) is 0 Å². The molecule has 2 heterocycles. The summed E-state index contributed by atoms with van der Waals surface area (Å²) in [7, 11) is 0. The largest absolute Gasteiger partial charge is 0.369 e. The molecule has 1 saturated heterocycles. The quantitative estimate of drug-likeness (QED) is 0.292. The zero-order valence-electron chi connectivity index (χ0n) is 18.5. The van der Waals surface area contributed by atoms with Crippen molar-refractivity contribution >= 4 is 34.5 Å². The Morgan fingerprint density at radius 2 is 1.87 bits per heavy atom. The van der Waals surface area contributed by atoms with Crippen LogP contribution in [0.2, 0.25) is 0 Å². The van der Waals surface area contributed by atoms with Crippen LogP contribution in [0.15, 0.2) is 41.9 Å². The predicted molar refractivity (Wildman–Crippen MR) is 135 cm³/mol. The average Bonchev–Trinajstić information content (AvgIpc) is 3.03. The number of amides is 2. The molecule has 1 aromatic carbocycles. The number of allylic oxidation sites excluding steroid dienone is 1. The topological polar surface area (TPSA) is 47.9 Å². The first-order valence-corrected chi connectivity index (χ1v) is 12.9. The molecule has 0 atom stereocenters. The Morgan fingerprint density at radius 1 is 1.16 bits per heavy atom. The van der Waals surface area contributed by atoms with Gasteiger partial charge in [-0.15, -0.1) is 6.58 Å². The van der Waals surface area contributed by atoms with Gasteiger partial charge in [-0.2, -0.15) is 4.99 Å². The second kappa shape index (κ2) is 10.5. The Kier molecular flexibility index (Phi) is 7.69. The van der Waals surface area contributed by atoms with Gasteiger partial charge in [-0.3, -0.25) is 4.90 Å². The van der Waals surface area contributed by atoms with Crippen molar-refractivity contribution < 1.29 is 4.79 Å². The molecule has 6 heteroatoms. The van der Waals surface area contributed by atoms with Crippen LogP contribution in [0.5, 0.6) is 0 Å². The minimum absolute atomic E-state index is 0.0477. The van der Waals surface area contributed by atoms with Gasteiger partial charge in [0.2, 0.25) is 0 Å². The van der Waals surface area contributed by atoms with Gasteiger partial charge in [0.1, 0.15) is 11.4 Å². The number of hydrogen-bond acceptors (Lipinski definition) is 3. The molecule has 0 bridgehead atoms. The lowest BCUT2D eigenvalue weighted by Gasteiger charge is -2.46. The fourth-order valence-electron chi connectivity index (χ4n) is 5.32. The molecule has 168 valence electrons. The summed E-state index contributed by atoms with van der Waals surface area (Å²) in [6.07, 6.45) is 12.0. The van der Waals surface area contributed by atoms with Gasteiger partial charge in [0.25, 0.3) is 0 Å².